The Bertz CT molecular complexity index is 262. The number of hydrogen-bond acceptors (Lipinski definition) is 3. The monoisotopic (exact) mass is 240 g/mol. The van der Waals surface area contributed by atoms with Crippen molar-refractivity contribution in [1.82, 2.24) is 10.2 Å². The van der Waals surface area contributed by atoms with Crippen molar-refractivity contribution in [3.63, 3.8) is 0 Å². The van der Waals surface area contributed by atoms with E-state index >= 15 is 0 Å². The number of likely N-dealkylation sites (tertiary alicyclic amines) is 1. The van der Waals surface area contributed by atoms with Gasteiger partial charge in [0.25, 0.3) is 0 Å². The fourth-order valence-electron chi connectivity index (χ4n) is 2.65. The SMILES string of the molecule is C[C@@H]1CCC[C@H](C(=O)NC2CCN(C)CC2)O1. The van der Waals surface area contributed by atoms with Gasteiger partial charge in [-0.1, -0.05) is 0 Å². The molecule has 0 saturated carbocycles. The van der Waals surface area contributed by atoms with Gasteiger partial charge in [0.05, 0.1) is 6.10 Å². The molecule has 17 heavy (non-hydrogen) atoms. The van der Waals surface area contributed by atoms with Crippen molar-refractivity contribution in [2.75, 3.05) is 20.1 Å². The minimum Gasteiger partial charge on any atom is -0.365 e. The maximum Gasteiger partial charge on any atom is 0.249 e. The number of hydrogen-bond donors (Lipinski definition) is 1. The van der Waals surface area contributed by atoms with Gasteiger partial charge in [0.2, 0.25) is 5.91 Å². The fourth-order valence-corrected chi connectivity index (χ4v) is 2.65. The Hall–Kier alpha value is -0.610. The van der Waals surface area contributed by atoms with Crippen molar-refractivity contribution in [3.05, 3.63) is 0 Å². The average Bonchev–Trinajstić information content (AvgIpc) is 2.32. The van der Waals surface area contributed by atoms with Gasteiger partial charge in [0, 0.05) is 6.04 Å². The molecule has 0 aromatic rings. The van der Waals surface area contributed by atoms with Crippen LogP contribution in [-0.4, -0.2) is 49.2 Å². The van der Waals surface area contributed by atoms with Crippen LogP contribution >= 0.6 is 0 Å². The zero-order valence-electron chi connectivity index (χ0n) is 10.9. The van der Waals surface area contributed by atoms with Crippen LogP contribution < -0.4 is 5.32 Å². The molecule has 2 fully saturated rings. The molecule has 4 heteroatoms. The minimum atomic E-state index is -0.210. The van der Waals surface area contributed by atoms with Gasteiger partial charge in [-0.05, 0) is 59.2 Å². The van der Waals surface area contributed by atoms with Gasteiger partial charge in [0.15, 0.2) is 0 Å². The molecule has 0 aromatic carbocycles. The summed E-state index contributed by atoms with van der Waals surface area (Å²) in [6.07, 6.45) is 5.21. The lowest BCUT2D eigenvalue weighted by molar-refractivity contribution is -0.141. The number of rotatable bonds is 2. The zero-order valence-corrected chi connectivity index (χ0v) is 10.9. The third-order valence-corrected chi connectivity index (χ3v) is 3.83. The average molecular weight is 240 g/mol. The number of ether oxygens (including phenoxy) is 1. The molecule has 0 radical (unpaired) electrons. The molecule has 2 aliphatic rings. The van der Waals surface area contributed by atoms with Crippen molar-refractivity contribution in [2.24, 2.45) is 0 Å². The van der Waals surface area contributed by atoms with E-state index in [1.807, 2.05) is 0 Å². The largest absolute Gasteiger partial charge is 0.365 e. The second kappa shape index (κ2) is 5.83. The molecule has 2 aliphatic heterocycles. The predicted octanol–water partition coefficient (Wildman–Crippen LogP) is 1.15. The van der Waals surface area contributed by atoms with Gasteiger partial charge in [-0.2, -0.15) is 0 Å². The Morgan fingerprint density at radius 2 is 1.94 bits per heavy atom. The molecule has 2 saturated heterocycles. The number of carbonyl (C=O) groups is 1. The van der Waals surface area contributed by atoms with Crippen molar-refractivity contribution in [3.8, 4) is 0 Å². The third kappa shape index (κ3) is 3.68. The Kier molecular flexibility index (Phi) is 4.40. The second-order valence-corrected chi connectivity index (χ2v) is 5.45. The van der Waals surface area contributed by atoms with Crippen LogP contribution in [0.4, 0.5) is 0 Å². The van der Waals surface area contributed by atoms with E-state index in [1.165, 1.54) is 0 Å². The maximum absolute atomic E-state index is 12.0. The zero-order chi connectivity index (χ0) is 12.3. The van der Waals surface area contributed by atoms with Gasteiger partial charge < -0.3 is 15.0 Å². The second-order valence-electron chi connectivity index (χ2n) is 5.45. The van der Waals surface area contributed by atoms with E-state index < -0.39 is 0 Å². The van der Waals surface area contributed by atoms with Crippen LogP contribution in [0, 0.1) is 0 Å². The van der Waals surface area contributed by atoms with E-state index in [1.54, 1.807) is 0 Å². The molecule has 4 nitrogen and oxygen atoms in total. The molecular formula is C13H24N2O2. The number of piperidine rings is 1. The summed E-state index contributed by atoms with van der Waals surface area (Å²) >= 11 is 0. The highest BCUT2D eigenvalue weighted by Crippen LogP contribution is 2.19. The van der Waals surface area contributed by atoms with Gasteiger partial charge in [-0.25, -0.2) is 0 Å². The molecule has 2 heterocycles. The van der Waals surface area contributed by atoms with Crippen LogP contribution in [0.1, 0.15) is 39.0 Å². The molecular weight excluding hydrogens is 216 g/mol. The van der Waals surface area contributed by atoms with Crippen LogP contribution in [0.15, 0.2) is 0 Å². The first-order chi connectivity index (χ1) is 8.15. The summed E-state index contributed by atoms with van der Waals surface area (Å²) < 4.78 is 5.69. The van der Waals surface area contributed by atoms with Crippen LogP contribution in [0.5, 0.6) is 0 Å². The van der Waals surface area contributed by atoms with Crippen LogP contribution in [0.2, 0.25) is 0 Å². The molecule has 2 atom stereocenters. The van der Waals surface area contributed by atoms with Crippen molar-refractivity contribution < 1.29 is 9.53 Å². The lowest BCUT2D eigenvalue weighted by Gasteiger charge is -2.32. The van der Waals surface area contributed by atoms with E-state index in [9.17, 15) is 4.79 Å². The van der Waals surface area contributed by atoms with E-state index in [-0.39, 0.29) is 18.1 Å². The first-order valence-corrected chi connectivity index (χ1v) is 6.79. The first-order valence-electron chi connectivity index (χ1n) is 6.79. The van der Waals surface area contributed by atoms with Crippen LogP contribution in [0.3, 0.4) is 0 Å². The number of nitrogens with zero attached hydrogens (tertiary/aromatic N) is 1. The summed E-state index contributed by atoms with van der Waals surface area (Å²) in [6, 6.07) is 0.347. The summed E-state index contributed by atoms with van der Waals surface area (Å²) in [5.41, 5.74) is 0. The van der Waals surface area contributed by atoms with E-state index in [0.717, 1.165) is 45.2 Å². The highest BCUT2D eigenvalue weighted by atomic mass is 16.5. The predicted molar refractivity (Wildman–Crippen MR) is 66.8 cm³/mol. The topological polar surface area (TPSA) is 41.6 Å². The smallest absolute Gasteiger partial charge is 0.249 e. The third-order valence-electron chi connectivity index (χ3n) is 3.83. The Morgan fingerprint density at radius 1 is 1.24 bits per heavy atom. The molecule has 0 bridgehead atoms. The van der Waals surface area contributed by atoms with Gasteiger partial charge in [-0.15, -0.1) is 0 Å². The fraction of sp³-hybridized carbons (Fsp3) is 0.923. The summed E-state index contributed by atoms with van der Waals surface area (Å²) in [5.74, 6) is 0.103. The van der Waals surface area contributed by atoms with Crippen LogP contribution in [0.25, 0.3) is 0 Å². The number of amides is 1. The Balaban J connectivity index is 1.76. The van der Waals surface area contributed by atoms with Crippen molar-refractivity contribution in [2.45, 2.75) is 57.3 Å². The van der Waals surface area contributed by atoms with E-state index in [4.69, 9.17) is 4.74 Å². The number of carbonyl (C=O) groups excluding carboxylic acids is 1. The summed E-state index contributed by atoms with van der Waals surface area (Å²) in [4.78, 5) is 14.4. The van der Waals surface area contributed by atoms with Gasteiger partial charge in [0.1, 0.15) is 6.10 Å². The molecule has 0 spiro atoms. The molecule has 1 amide bonds. The standard InChI is InChI=1S/C13H24N2O2/c1-10-4-3-5-12(17-10)13(16)14-11-6-8-15(2)9-7-11/h10-12H,3-9H2,1-2H3,(H,14,16)/t10-,12-/m1/s1. The summed E-state index contributed by atoms with van der Waals surface area (Å²) in [7, 11) is 2.13. The Morgan fingerprint density at radius 3 is 2.59 bits per heavy atom. The quantitative estimate of drug-likeness (QED) is 0.787. The first kappa shape index (κ1) is 12.8. The Labute approximate surface area is 104 Å². The molecule has 2 rings (SSSR count). The van der Waals surface area contributed by atoms with Crippen molar-refractivity contribution >= 4 is 5.91 Å². The molecule has 0 aromatic heterocycles. The highest BCUT2D eigenvalue weighted by molar-refractivity contribution is 5.81. The summed E-state index contributed by atoms with van der Waals surface area (Å²) in [6.45, 7) is 4.20. The molecule has 0 aliphatic carbocycles. The van der Waals surface area contributed by atoms with Gasteiger partial charge in [-0.3, -0.25) is 4.79 Å². The van der Waals surface area contributed by atoms with E-state index in [2.05, 4.69) is 24.2 Å². The highest BCUT2D eigenvalue weighted by Gasteiger charge is 2.28. The minimum absolute atomic E-state index is 0.103. The molecule has 0 unspecified atom stereocenters. The van der Waals surface area contributed by atoms with Crippen molar-refractivity contribution in [1.29, 1.82) is 0 Å². The number of nitrogens with one attached hydrogen (secondary N) is 1. The maximum atomic E-state index is 12.0. The molecule has 1 N–H and O–H groups in total. The molecule has 98 valence electrons. The van der Waals surface area contributed by atoms with Gasteiger partial charge >= 0.3 is 0 Å². The normalized spacial score (nSPS) is 32.4. The lowest BCUT2D eigenvalue weighted by atomic mass is 10.0. The van der Waals surface area contributed by atoms with E-state index in [0.29, 0.717) is 6.04 Å². The lowest BCUT2D eigenvalue weighted by Crippen LogP contribution is -2.48. The van der Waals surface area contributed by atoms with Crippen LogP contribution in [-0.2, 0) is 9.53 Å². The summed E-state index contributed by atoms with van der Waals surface area (Å²) in [5, 5.41) is 3.14.